The second-order valence-corrected chi connectivity index (χ2v) is 14.8. The predicted molar refractivity (Wildman–Crippen MR) is 220 cm³/mol. The Kier molecular flexibility index (Phi) is 8.99. The summed E-state index contributed by atoms with van der Waals surface area (Å²) in [5.41, 5.74) is 16.7. The van der Waals surface area contributed by atoms with Crippen LogP contribution in [-0.4, -0.2) is 6.21 Å². The standard InChI is InChI=1S/C29H24S.C19H19N/c1-17-19(13-15-23-21-9-5-7-11-25(21)29(3,4)27(17)23)20-14-16-24-22-10-6-8-12-26(22)30-28(24)18(20)2;1-15(16(2)18-10-6-4-7-11-18)14-20-17(3)19-12-8-5-9-13-19/h5-16H,1-4H3;4-14H,3H2,1-2H3/b;16-15+,20-14?. The third-order valence-electron chi connectivity index (χ3n) is 10.4. The molecular weight excluding hydrogens is 623 g/mol. The summed E-state index contributed by atoms with van der Waals surface area (Å²) in [6.45, 7) is 17.5. The van der Waals surface area contributed by atoms with Crippen LogP contribution in [0, 0.1) is 13.8 Å². The molecule has 0 bridgehead atoms. The number of thiophene rings is 1. The van der Waals surface area contributed by atoms with Crippen LogP contribution in [0.2, 0.25) is 0 Å². The molecule has 0 saturated heterocycles. The number of aryl methyl sites for hydroxylation is 1. The maximum Gasteiger partial charge on any atom is 0.0630 e. The van der Waals surface area contributed by atoms with Gasteiger partial charge < -0.3 is 0 Å². The molecule has 1 heterocycles. The van der Waals surface area contributed by atoms with E-state index >= 15 is 0 Å². The molecule has 0 spiro atoms. The minimum atomic E-state index is 0.0294. The Labute approximate surface area is 301 Å². The molecule has 0 atom stereocenters. The van der Waals surface area contributed by atoms with E-state index in [-0.39, 0.29) is 5.41 Å². The zero-order valence-corrected chi connectivity index (χ0v) is 30.7. The summed E-state index contributed by atoms with van der Waals surface area (Å²) < 4.78 is 2.78. The van der Waals surface area contributed by atoms with Crippen LogP contribution in [-0.2, 0) is 5.41 Å². The molecular formula is C48H43NS. The lowest BCUT2D eigenvalue weighted by molar-refractivity contribution is 0.656. The number of nitrogens with zero attached hydrogens (tertiary/aromatic N) is 1. The van der Waals surface area contributed by atoms with Crippen molar-refractivity contribution in [1.29, 1.82) is 0 Å². The minimum absolute atomic E-state index is 0.0294. The molecule has 0 saturated carbocycles. The van der Waals surface area contributed by atoms with Gasteiger partial charge in [-0.2, -0.15) is 0 Å². The first-order valence-electron chi connectivity index (χ1n) is 17.3. The SMILES string of the molecule is C=C(N=C/C(C)=C(\C)c1ccccc1)c1ccccc1.Cc1c(-c2ccc3c(sc4ccccc43)c2C)ccc2c1C(C)(C)c1ccccc1-2. The predicted octanol–water partition coefficient (Wildman–Crippen LogP) is 13.9. The van der Waals surface area contributed by atoms with Gasteiger partial charge >= 0.3 is 0 Å². The van der Waals surface area contributed by atoms with E-state index in [2.05, 4.69) is 138 Å². The highest BCUT2D eigenvalue weighted by Crippen LogP contribution is 2.52. The molecule has 0 unspecified atom stereocenters. The van der Waals surface area contributed by atoms with Crippen LogP contribution in [0.5, 0.6) is 0 Å². The van der Waals surface area contributed by atoms with Gasteiger partial charge in [0.05, 0.1) is 5.70 Å². The van der Waals surface area contributed by atoms with Crippen molar-refractivity contribution in [3.63, 3.8) is 0 Å². The normalized spacial score (nSPS) is 13.5. The van der Waals surface area contributed by atoms with Crippen molar-refractivity contribution in [1.82, 2.24) is 0 Å². The lowest BCUT2D eigenvalue weighted by Crippen LogP contribution is -2.16. The summed E-state index contributed by atoms with van der Waals surface area (Å²) in [7, 11) is 0. The fraction of sp³-hybridized carbons (Fsp3) is 0.146. The van der Waals surface area contributed by atoms with Gasteiger partial charge in [-0.05, 0) is 101 Å². The molecule has 0 fully saturated rings. The van der Waals surface area contributed by atoms with E-state index in [9.17, 15) is 0 Å². The fourth-order valence-electron chi connectivity index (χ4n) is 7.54. The average Bonchev–Trinajstić information content (AvgIpc) is 3.65. The van der Waals surface area contributed by atoms with Crippen molar-refractivity contribution < 1.29 is 0 Å². The smallest absolute Gasteiger partial charge is 0.0630 e. The molecule has 0 N–H and O–H groups in total. The van der Waals surface area contributed by atoms with E-state index in [0.29, 0.717) is 0 Å². The van der Waals surface area contributed by atoms with Crippen molar-refractivity contribution in [3.8, 4) is 22.3 Å². The molecule has 0 amide bonds. The fourth-order valence-corrected chi connectivity index (χ4v) is 8.74. The number of aliphatic imine (C=N–C) groups is 1. The molecule has 8 rings (SSSR count). The summed E-state index contributed by atoms with van der Waals surface area (Å²) in [4.78, 5) is 4.46. The van der Waals surface area contributed by atoms with Gasteiger partial charge in [-0.25, -0.2) is 0 Å². The van der Waals surface area contributed by atoms with Gasteiger partial charge in [0.1, 0.15) is 0 Å². The van der Waals surface area contributed by atoms with E-state index in [1.807, 2.05) is 66.1 Å². The van der Waals surface area contributed by atoms with Crippen LogP contribution in [0.4, 0.5) is 0 Å². The number of hydrogen-bond donors (Lipinski definition) is 0. The topological polar surface area (TPSA) is 12.4 Å². The Balaban J connectivity index is 0.000000171. The van der Waals surface area contributed by atoms with Gasteiger partial charge in [0.25, 0.3) is 0 Å². The Bertz CT molecular complexity index is 2440. The quantitative estimate of drug-likeness (QED) is 0.162. The zero-order chi connectivity index (χ0) is 35.0. The Morgan fingerprint density at radius 3 is 1.92 bits per heavy atom. The zero-order valence-electron chi connectivity index (χ0n) is 29.8. The third kappa shape index (κ3) is 5.95. The highest BCUT2D eigenvalue weighted by molar-refractivity contribution is 7.26. The molecule has 1 aliphatic carbocycles. The van der Waals surface area contributed by atoms with Gasteiger partial charge in [0.15, 0.2) is 0 Å². The summed E-state index contributed by atoms with van der Waals surface area (Å²) in [6, 6.07) is 47.4. The van der Waals surface area contributed by atoms with Gasteiger partial charge in [0, 0.05) is 31.8 Å². The highest BCUT2D eigenvalue weighted by atomic mass is 32.1. The van der Waals surface area contributed by atoms with Crippen LogP contribution < -0.4 is 0 Å². The van der Waals surface area contributed by atoms with Gasteiger partial charge in [-0.15, -0.1) is 11.3 Å². The van der Waals surface area contributed by atoms with Crippen LogP contribution >= 0.6 is 11.3 Å². The third-order valence-corrected chi connectivity index (χ3v) is 11.7. The first-order chi connectivity index (χ1) is 24.2. The summed E-state index contributed by atoms with van der Waals surface area (Å²) in [5.74, 6) is 0. The summed E-state index contributed by atoms with van der Waals surface area (Å²) >= 11 is 1.92. The van der Waals surface area contributed by atoms with Gasteiger partial charge in [-0.1, -0.05) is 148 Å². The number of hydrogen-bond acceptors (Lipinski definition) is 2. The molecule has 1 aliphatic rings. The Morgan fingerprint density at radius 2 is 1.18 bits per heavy atom. The number of allylic oxidation sites excluding steroid dienone is 2. The first-order valence-corrected chi connectivity index (χ1v) is 18.1. The van der Waals surface area contributed by atoms with Crippen LogP contribution in [0.25, 0.3) is 53.7 Å². The molecule has 246 valence electrons. The van der Waals surface area contributed by atoms with E-state index in [1.165, 1.54) is 75.8 Å². The monoisotopic (exact) mass is 665 g/mol. The second kappa shape index (κ2) is 13.5. The van der Waals surface area contributed by atoms with Crippen LogP contribution in [0.1, 0.15) is 61.1 Å². The van der Waals surface area contributed by atoms with E-state index in [0.717, 1.165) is 16.8 Å². The molecule has 7 aromatic rings. The lowest BCUT2D eigenvalue weighted by atomic mass is 9.78. The largest absolute Gasteiger partial charge is 0.257 e. The summed E-state index contributed by atoms with van der Waals surface area (Å²) in [5, 5.41) is 2.75. The molecule has 50 heavy (non-hydrogen) atoms. The van der Waals surface area contributed by atoms with Crippen molar-refractivity contribution in [2.24, 2.45) is 4.99 Å². The number of rotatable bonds is 5. The summed E-state index contributed by atoms with van der Waals surface area (Å²) in [6.07, 6.45) is 1.89. The maximum absolute atomic E-state index is 4.46. The van der Waals surface area contributed by atoms with E-state index in [4.69, 9.17) is 0 Å². The Hall–Kier alpha value is -5.31. The number of fused-ring (bicyclic) bond motifs is 6. The first kappa shape index (κ1) is 33.2. The van der Waals surface area contributed by atoms with Crippen molar-refractivity contribution >= 4 is 49.0 Å². The van der Waals surface area contributed by atoms with Crippen molar-refractivity contribution in [2.75, 3.05) is 0 Å². The average molecular weight is 666 g/mol. The minimum Gasteiger partial charge on any atom is -0.257 e. The maximum atomic E-state index is 4.46. The van der Waals surface area contributed by atoms with Crippen LogP contribution in [0.3, 0.4) is 0 Å². The second-order valence-electron chi connectivity index (χ2n) is 13.8. The van der Waals surface area contributed by atoms with E-state index < -0.39 is 0 Å². The van der Waals surface area contributed by atoms with E-state index in [1.54, 1.807) is 0 Å². The van der Waals surface area contributed by atoms with Gasteiger partial charge in [0.2, 0.25) is 0 Å². The Morgan fingerprint density at radius 1 is 0.600 bits per heavy atom. The van der Waals surface area contributed by atoms with Crippen molar-refractivity contribution in [3.05, 3.63) is 179 Å². The van der Waals surface area contributed by atoms with Crippen LogP contribution in [0.15, 0.2) is 151 Å². The lowest BCUT2D eigenvalue weighted by Gasteiger charge is -2.25. The van der Waals surface area contributed by atoms with Gasteiger partial charge in [-0.3, -0.25) is 4.99 Å². The molecule has 1 nitrogen and oxygen atoms in total. The molecule has 2 heteroatoms. The number of benzene rings is 6. The highest BCUT2D eigenvalue weighted by Gasteiger charge is 2.37. The molecule has 0 aliphatic heterocycles. The molecule has 6 aromatic carbocycles. The molecule has 0 radical (unpaired) electrons. The molecule has 1 aromatic heterocycles. The van der Waals surface area contributed by atoms with Crippen molar-refractivity contribution in [2.45, 2.75) is 47.0 Å².